The molecule has 146 valence electrons. The number of guanidine groups is 1. The van der Waals surface area contributed by atoms with Crippen molar-refractivity contribution in [1.29, 1.82) is 0 Å². The van der Waals surface area contributed by atoms with E-state index >= 15 is 0 Å². The average Bonchev–Trinajstić information content (AvgIpc) is 2.66. The molecule has 0 spiro atoms. The van der Waals surface area contributed by atoms with Crippen LogP contribution in [0.3, 0.4) is 0 Å². The number of anilines is 1. The highest BCUT2D eigenvalue weighted by molar-refractivity contribution is 14.0. The van der Waals surface area contributed by atoms with Gasteiger partial charge < -0.3 is 19.9 Å². The highest BCUT2D eigenvalue weighted by Crippen LogP contribution is 2.18. The Bertz CT molecular complexity index is 557. The van der Waals surface area contributed by atoms with E-state index in [4.69, 9.17) is 9.73 Å². The summed E-state index contributed by atoms with van der Waals surface area (Å²) in [4.78, 5) is 9.68. The van der Waals surface area contributed by atoms with Gasteiger partial charge in [0, 0.05) is 38.4 Å². The first kappa shape index (κ1) is 21.3. The van der Waals surface area contributed by atoms with Crippen molar-refractivity contribution < 1.29 is 4.74 Å². The Morgan fingerprint density at radius 2 is 1.92 bits per heavy atom. The molecule has 1 N–H and O–H groups in total. The number of aliphatic imine (C=N–C) groups is 1. The summed E-state index contributed by atoms with van der Waals surface area (Å²) in [5, 5.41) is 3.46. The van der Waals surface area contributed by atoms with Crippen LogP contribution in [0.25, 0.3) is 0 Å². The fourth-order valence-corrected chi connectivity index (χ4v) is 3.61. The van der Waals surface area contributed by atoms with Crippen molar-refractivity contribution in [3.63, 3.8) is 0 Å². The second-order valence-corrected chi connectivity index (χ2v) is 7.13. The maximum absolute atomic E-state index is 5.43. The molecule has 2 heterocycles. The summed E-state index contributed by atoms with van der Waals surface area (Å²) >= 11 is 0. The zero-order chi connectivity index (χ0) is 17.5. The Hall–Kier alpha value is -1.02. The molecule has 2 saturated heterocycles. The molecule has 1 aromatic carbocycles. The first-order valence-electron chi connectivity index (χ1n) is 9.71. The number of nitrogens with one attached hydrogen (secondary N) is 1. The van der Waals surface area contributed by atoms with Crippen LogP contribution in [0.5, 0.6) is 0 Å². The molecule has 2 aliphatic heterocycles. The van der Waals surface area contributed by atoms with Crippen molar-refractivity contribution >= 4 is 35.6 Å². The number of hydrogen-bond acceptors (Lipinski definition) is 3. The van der Waals surface area contributed by atoms with Crippen molar-refractivity contribution in [2.75, 3.05) is 50.8 Å². The fraction of sp³-hybridized carbons (Fsp3) is 0.650. The third-order valence-corrected chi connectivity index (χ3v) is 5.02. The van der Waals surface area contributed by atoms with Crippen molar-refractivity contribution in [1.82, 2.24) is 10.2 Å². The van der Waals surface area contributed by atoms with Gasteiger partial charge in [0.15, 0.2) is 5.96 Å². The zero-order valence-electron chi connectivity index (χ0n) is 16.1. The van der Waals surface area contributed by atoms with Gasteiger partial charge in [-0.2, -0.15) is 0 Å². The van der Waals surface area contributed by atoms with Crippen molar-refractivity contribution in [2.45, 2.75) is 33.2 Å². The fourth-order valence-electron chi connectivity index (χ4n) is 3.61. The molecule has 1 unspecified atom stereocenters. The standard InChI is InChI=1S/C20H32N4O.HI/c1-3-21-20(24-10-4-5-17(2)16-24)22-15-18-6-8-19(9-7-18)23-11-13-25-14-12-23;/h6-9,17H,3-5,10-16H2,1-2H3,(H,21,22);1H. The maximum Gasteiger partial charge on any atom is 0.194 e. The molecule has 0 amide bonds. The molecule has 0 bridgehead atoms. The minimum absolute atomic E-state index is 0. The van der Waals surface area contributed by atoms with Crippen LogP contribution in [0, 0.1) is 5.92 Å². The normalized spacial score (nSPS) is 21.3. The van der Waals surface area contributed by atoms with Gasteiger partial charge in [-0.25, -0.2) is 4.99 Å². The number of benzene rings is 1. The SMILES string of the molecule is CCNC(=NCc1ccc(N2CCOCC2)cc1)N1CCCC(C)C1.I. The third-order valence-electron chi connectivity index (χ3n) is 5.02. The molecule has 6 heteroatoms. The van der Waals surface area contributed by atoms with Gasteiger partial charge >= 0.3 is 0 Å². The van der Waals surface area contributed by atoms with E-state index in [2.05, 4.69) is 53.2 Å². The molecule has 3 rings (SSSR count). The highest BCUT2D eigenvalue weighted by atomic mass is 127. The summed E-state index contributed by atoms with van der Waals surface area (Å²) in [6.07, 6.45) is 2.60. The van der Waals surface area contributed by atoms with E-state index in [1.165, 1.54) is 24.1 Å². The van der Waals surface area contributed by atoms with Crippen molar-refractivity contribution in [3.8, 4) is 0 Å². The predicted octanol–water partition coefficient (Wildman–Crippen LogP) is 3.34. The molecular formula is C20H33IN4O. The van der Waals surface area contributed by atoms with Crippen LogP contribution in [0.2, 0.25) is 0 Å². The summed E-state index contributed by atoms with van der Waals surface area (Å²) in [6.45, 7) is 12.0. The number of likely N-dealkylation sites (tertiary alicyclic amines) is 1. The van der Waals surface area contributed by atoms with Gasteiger partial charge in [0.1, 0.15) is 0 Å². The molecule has 0 aromatic heterocycles. The monoisotopic (exact) mass is 472 g/mol. The molecule has 0 aliphatic carbocycles. The topological polar surface area (TPSA) is 40.1 Å². The molecule has 0 saturated carbocycles. The Morgan fingerprint density at radius 1 is 1.19 bits per heavy atom. The van der Waals surface area contributed by atoms with E-state index in [0.717, 1.165) is 64.4 Å². The minimum Gasteiger partial charge on any atom is -0.378 e. The summed E-state index contributed by atoms with van der Waals surface area (Å²) < 4.78 is 5.43. The van der Waals surface area contributed by atoms with Gasteiger partial charge in [0.2, 0.25) is 0 Å². The Morgan fingerprint density at radius 3 is 2.58 bits per heavy atom. The summed E-state index contributed by atoms with van der Waals surface area (Å²) in [5.74, 6) is 1.82. The minimum atomic E-state index is 0. The second-order valence-electron chi connectivity index (χ2n) is 7.13. The van der Waals surface area contributed by atoms with Gasteiger partial charge in [0.25, 0.3) is 0 Å². The average molecular weight is 472 g/mol. The largest absolute Gasteiger partial charge is 0.378 e. The van der Waals surface area contributed by atoms with Gasteiger partial charge in [0.05, 0.1) is 19.8 Å². The zero-order valence-corrected chi connectivity index (χ0v) is 18.4. The second kappa shape index (κ2) is 11.0. The van der Waals surface area contributed by atoms with Gasteiger partial charge in [-0.1, -0.05) is 19.1 Å². The van der Waals surface area contributed by atoms with Gasteiger partial charge in [-0.05, 0) is 43.4 Å². The highest BCUT2D eigenvalue weighted by Gasteiger charge is 2.19. The molecule has 2 aliphatic rings. The first-order chi connectivity index (χ1) is 12.3. The van der Waals surface area contributed by atoms with Crippen molar-refractivity contribution in [3.05, 3.63) is 29.8 Å². The van der Waals surface area contributed by atoms with E-state index in [-0.39, 0.29) is 24.0 Å². The molecule has 0 radical (unpaired) electrons. The third kappa shape index (κ3) is 6.01. The summed E-state index contributed by atoms with van der Waals surface area (Å²) in [7, 11) is 0. The van der Waals surface area contributed by atoms with E-state index < -0.39 is 0 Å². The summed E-state index contributed by atoms with van der Waals surface area (Å²) in [5.41, 5.74) is 2.55. The molecule has 2 fully saturated rings. The Kier molecular flexibility index (Phi) is 8.98. The lowest BCUT2D eigenvalue weighted by molar-refractivity contribution is 0.122. The van der Waals surface area contributed by atoms with E-state index in [0.29, 0.717) is 0 Å². The quantitative estimate of drug-likeness (QED) is 0.415. The van der Waals surface area contributed by atoms with Crippen LogP contribution in [-0.2, 0) is 11.3 Å². The first-order valence-corrected chi connectivity index (χ1v) is 9.71. The number of halogens is 1. The van der Waals surface area contributed by atoms with Crippen LogP contribution >= 0.6 is 24.0 Å². The summed E-state index contributed by atoms with van der Waals surface area (Å²) in [6, 6.07) is 8.84. The van der Waals surface area contributed by atoms with Crippen molar-refractivity contribution in [2.24, 2.45) is 10.9 Å². The van der Waals surface area contributed by atoms with Crippen LogP contribution < -0.4 is 10.2 Å². The van der Waals surface area contributed by atoms with E-state index in [1.807, 2.05) is 0 Å². The lowest BCUT2D eigenvalue weighted by Crippen LogP contribution is -2.46. The van der Waals surface area contributed by atoms with Crippen LogP contribution in [0.15, 0.2) is 29.3 Å². The molecule has 1 aromatic rings. The Balaban J connectivity index is 0.00000243. The van der Waals surface area contributed by atoms with E-state index in [9.17, 15) is 0 Å². The van der Waals surface area contributed by atoms with Crippen LogP contribution in [-0.4, -0.2) is 56.8 Å². The number of nitrogens with zero attached hydrogens (tertiary/aromatic N) is 3. The molecule has 1 atom stereocenters. The van der Waals surface area contributed by atoms with Gasteiger partial charge in [-0.3, -0.25) is 0 Å². The molecular weight excluding hydrogens is 439 g/mol. The molecule has 5 nitrogen and oxygen atoms in total. The maximum atomic E-state index is 5.43. The van der Waals surface area contributed by atoms with Gasteiger partial charge in [-0.15, -0.1) is 24.0 Å². The number of rotatable bonds is 4. The lowest BCUT2D eigenvalue weighted by atomic mass is 10.0. The molecule has 26 heavy (non-hydrogen) atoms. The smallest absolute Gasteiger partial charge is 0.194 e. The number of piperidine rings is 1. The number of ether oxygens (including phenoxy) is 1. The lowest BCUT2D eigenvalue weighted by Gasteiger charge is -2.33. The number of morpholine rings is 1. The Labute approximate surface area is 175 Å². The number of hydrogen-bond donors (Lipinski definition) is 1. The van der Waals surface area contributed by atoms with E-state index in [1.54, 1.807) is 0 Å². The van der Waals surface area contributed by atoms with Crippen LogP contribution in [0.1, 0.15) is 32.3 Å². The van der Waals surface area contributed by atoms with Crippen LogP contribution in [0.4, 0.5) is 5.69 Å². The predicted molar refractivity (Wildman–Crippen MR) is 120 cm³/mol.